The average Bonchev–Trinajstić information content (AvgIpc) is 2.49. The van der Waals surface area contributed by atoms with E-state index < -0.39 is 0 Å². The molecule has 1 heterocycles. The van der Waals surface area contributed by atoms with Crippen LogP contribution in [-0.4, -0.2) is 22.6 Å². The highest BCUT2D eigenvalue weighted by atomic mass is 35.5. The van der Waals surface area contributed by atoms with Gasteiger partial charge in [0.1, 0.15) is 10.9 Å². The molecule has 0 saturated heterocycles. The number of aliphatic hydroxyl groups is 1. The number of rotatable bonds is 5. The van der Waals surface area contributed by atoms with Gasteiger partial charge in [-0.25, -0.2) is 4.98 Å². The smallest absolute Gasteiger partial charge is 0.258 e. The molecule has 2 N–H and O–H groups in total. The number of pyridine rings is 1. The van der Waals surface area contributed by atoms with Gasteiger partial charge in [-0.2, -0.15) is 0 Å². The summed E-state index contributed by atoms with van der Waals surface area (Å²) in [6.07, 6.45) is 1.51. The van der Waals surface area contributed by atoms with Crippen LogP contribution in [0.5, 0.6) is 5.75 Å². The molecule has 2 rings (SSSR count). The molecule has 110 valence electrons. The van der Waals surface area contributed by atoms with Gasteiger partial charge in [0.05, 0.1) is 18.8 Å². The third-order valence-electron chi connectivity index (χ3n) is 2.79. The zero-order chi connectivity index (χ0) is 15.2. The topological polar surface area (TPSA) is 71.5 Å². The fourth-order valence-electron chi connectivity index (χ4n) is 1.83. The van der Waals surface area contributed by atoms with Gasteiger partial charge in [-0.05, 0) is 37.3 Å². The SMILES string of the molecule is CCOc1ccc(NC(=O)c2cccnc2Cl)cc1CO. The summed E-state index contributed by atoms with van der Waals surface area (Å²) >= 11 is 5.88. The first-order valence-corrected chi connectivity index (χ1v) is 6.82. The van der Waals surface area contributed by atoms with Crippen LogP contribution in [-0.2, 0) is 6.61 Å². The predicted molar refractivity (Wildman–Crippen MR) is 80.7 cm³/mol. The summed E-state index contributed by atoms with van der Waals surface area (Å²) in [5.74, 6) is 0.235. The second kappa shape index (κ2) is 7.06. The molecule has 0 aliphatic carbocycles. The van der Waals surface area contributed by atoms with E-state index in [0.29, 0.717) is 29.2 Å². The number of aromatic nitrogens is 1. The molecular formula is C15H15ClN2O3. The summed E-state index contributed by atoms with van der Waals surface area (Å²) in [6, 6.07) is 8.29. The molecule has 0 fully saturated rings. The Balaban J connectivity index is 2.20. The number of ether oxygens (including phenoxy) is 1. The predicted octanol–water partition coefficient (Wildman–Crippen LogP) is 2.88. The molecular weight excluding hydrogens is 292 g/mol. The minimum absolute atomic E-state index is 0.142. The van der Waals surface area contributed by atoms with Gasteiger partial charge in [0.2, 0.25) is 0 Å². The van der Waals surface area contributed by atoms with E-state index in [9.17, 15) is 9.90 Å². The maximum Gasteiger partial charge on any atom is 0.258 e. The van der Waals surface area contributed by atoms with Gasteiger partial charge >= 0.3 is 0 Å². The van der Waals surface area contributed by atoms with Crippen LogP contribution in [0.25, 0.3) is 0 Å². The van der Waals surface area contributed by atoms with E-state index in [-0.39, 0.29) is 17.7 Å². The van der Waals surface area contributed by atoms with Crippen molar-refractivity contribution in [3.05, 3.63) is 52.8 Å². The number of halogens is 1. The van der Waals surface area contributed by atoms with Gasteiger partial charge in [-0.15, -0.1) is 0 Å². The van der Waals surface area contributed by atoms with Gasteiger partial charge in [-0.1, -0.05) is 11.6 Å². The standard InChI is InChI=1S/C15H15ClN2O3/c1-2-21-13-6-5-11(8-10(13)9-19)18-15(20)12-4-3-7-17-14(12)16/h3-8,19H,2,9H2,1H3,(H,18,20). The molecule has 0 saturated carbocycles. The van der Waals surface area contributed by atoms with Crippen LogP contribution in [0.2, 0.25) is 5.15 Å². The van der Waals surface area contributed by atoms with E-state index in [1.807, 2.05) is 6.92 Å². The number of hydrogen-bond donors (Lipinski definition) is 2. The molecule has 0 unspecified atom stereocenters. The number of benzene rings is 1. The lowest BCUT2D eigenvalue weighted by Crippen LogP contribution is -2.13. The second-order valence-electron chi connectivity index (χ2n) is 4.21. The lowest BCUT2D eigenvalue weighted by Gasteiger charge is -2.11. The molecule has 1 aromatic carbocycles. The summed E-state index contributed by atoms with van der Waals surface area (Å²) in [6.45, 7) is 2.19. The van der Waals surface area contributed by atoms with Crippen molar-refractivity contribution in [2.45, 2.75) is 13.5 Å². The number of aliphatic hydroxyl groups excluding tert-OH is 1. The summed E-state index contributed by atoms with van der Waals surface area (Å²) in [4.78, 5) is 16.0. The third kappa shape index (κ3) is 3.71. The quantitative estimate of drug-likeness (QED) is 0.833. The Morgan fingerprint density at radius 3 is 2.90 bits per heavy atom. The number of hydrogen-bond acceptors (Lipinski definition) is 4. The van der Waals surface area contributed by atoms with Gasteiger partial charge < -0.3 is 15.2 Å². The van der Waals surface area contributed by atoms with Gasteiger partial charge in [0, 0.05) is 17.4 Å². The minimum Gasteiger partial charge on any atom is -0.494 e. The molecule has 0 aliphatic rings. The third-order valence-corrected chi connectivity index (χ3v) is 3.09. The maximum absolute atomic E-state index is 12.1. The van der Waals surface area contributed by atoms with Gasteiger partial charge in [0.15, 0.2) is 0 Å². The monoisotopic (exact) mass is 306 g/mol. The van der Waals surface area contributed by atoms with Gasteiger partial charge in [0.25, 0.3) is 5.91 Å². The van der Waals surface area contributed by atoms with Crippen LogP contribution in [0.15, 0.2) is 36.5 Å². The van der Waals surface area contributed by atoms with Crippen LogP contribution in [0.4, 0.5) is 5.69 Å². The van der Waals surface area contributed by atoms with E-state index in [0.717, 1.165) is 0 Å². The van der Waals surface area contributed by atoms with Crippen LogP contribution in [0, 0.1) is 0 Å². The summed E-state index contributed by atoms with van der Waals surface area (Å²) in [5, 5.41) is 12.2. The van der Waals surface area contributed by atoms with E-state index in [2.05, 4.69) is 10.3 Å². The number of anilines is 1. The normalized spacial score (nSPS) is 10.2. The Labute approximate surface area is 127 Å². The van der Waals surface area contributed by atoms with Crippen molar-refractivity contribution in [1.29, 1.82) is 0 Å². The van der Waals surface area contributed by atoms with E-state index in [1.54, 1.807) is 30.3 Å². The molecule has 1 amide bonds. The Morgan fingerprint density at radius 2 is 2.24 bits per heavy atom. The molecule has 21 heavy (non-hydrogen) atoms. The Bertz CT molecular complexity index is 647. The average molecular weight is 307 g/mol. The number of nitrogens with one attached hydrogen (secondary N) is 1. The van der Waals surface area contributed by atoms with Crippen molar-refractivity contribution < 1.29 is 14.6 Å². The molecule has 2 aromatic rings. The Hall–Kier alpha value is -2.11. The zero-order valence-corrected chi connectivity index (χ0v) is 12.2. The van der Waals surface area contributed by atoms with Crippen molar-refractivity contribution in [3.8, 4) is 5.75 Å². The number of amides is 1. The van der Waals surface area contributed by atoms with Crippen LogP contribution >= 0.6 is 11.6 Å². The van der Waals surface area contributed by atoms with Crippen molar-refractivity contribution in [1.82, 2.24) is 4.98 Å². The highest BCUT2D eigenvalue weighted by Crippen LogP contribution is 2.24. The first-order chi connectivity index (χ1) is 10.2. The lowest BCUT2D eigenvalue weighted by atomic mass is 10.1. The van der Waals surface area contributed by atoms with Crippen molar-refractivity contribution in [2.24, 2.45) is 0 Å². The van der Waals surface area contributed by atoms with E-state index in [1.165, 1.54) is 6.20 Å². The highest BCUT2D eigenvalue weighted by Gasteiger charge is 2.12. The lowest BCUT2D eigenvalue weighted by molar-refractivity contribution is 0.102. The first kappa shape index (κ1) is 15.3. The molecule has 1 aromatic heterocycles. The van der Waals surface area contributed by atoms with E-state index in [4.69, 9.17) is 16.3 Å². The molecule has 5 nitrogen and oxygen atoms in total. The van der Waals surface area contributed by atoms with Crippen molar-refractivity contribution >= 4 is 23.2 Å². The fraction of sp³-hybridized carbons (Fsp3) is 0.200. The second-order valence-corrected chi connectivity index (χ2v) is 4.57. The fourth-order valence-corrected chi connectivity index (χ4v) is 2.04. The maximum atomic E-state index is 12.1. The minimum atomic E-state index is -0.360. The van der Waals surface area contributed by atoms with Crippen LogP contribution in [0.3, 0.4) is 0 Å². The van der Waals surface area contributed by atoms with E-state index >= 15 is 0 Å². The van der Waals surface area contributed by atoms with Crippen LogP contribution < -0.4 is 10.1 Å². The number of carbonyl (C=O) groups excluding carboxylic acids is 1. The molecule has 6 heteroatoms. The molecule has 0 bridgehead atoms. The highest BCUT2D eigenvalue weighted by molar-refractivity contribution is 6.33. The number of carbonyl (C=O) groups is 1. The molecule has 0 spiro atoms. The zero-order valence-electron chi connectivity index (χ0n) is 11.5. The molecule has 0 aliphatic heterocycles. The first-order valence-electron chi connectivity index (χ1n) is 6.44. The van der Waals surface area contributed by atoms with Crippen molar-refractivity contribution in [3.63, 3.8) is 0 Å². The Kier molecular flexibility index (Phi) is 5.14. The largest absolute Gasteiger partial charge is 0.494 e. The number of nitrogens with zero attached hydrogens (tertiary/aromatic N) is 1. The van der Waals surface area contributed by atoms with Crippen LogP contribution in [0.1, 0.15) is 22.8 Å². The van der Waals surface area contributed by atoms with Crippen molar-refractivity contribution in [2.75, 3.05) is 11.9 Å². The summed E-state index contributed by atoms with van der Waals surface area (Å²) < 4.78 is 5.39. The van der Waals surface area contributed by atoms with Gasteiger partial charge in [-0.3, -0.25) is 4.79 Å². The Morgan fingerprint density at radius 1 is 1.43 bits per heavy atom. The molecule has 0 radical (unpaired) electrons. The summed E-state index contributed by atoms with van der Waals surface area (Å²) in [5.41, 5.74) is 1.44. The molecule has 0 atom stereocenters. The summed E-state index contributed by atoms with van der Waals surface area (Å²) in [7, 11) is 0.